The van der Waals surface area contributed by atoms with Crippen LogP contribution >= 0.6 is 21.6 Å². The number of anilines is 2. The van der Waals surface area contributed by atoms with Gasteiger partial charge in [0, 0.05) is 11.5 Å². The second-order valence-corrected chi connectivity index (χ2v) is 16.5. The Hall–Kier alpha value is -4.16. The van der Waals surface area contributed by atoms with E-state index in [1.54, 1.807) is 48.5 Å². The van der Waals surface area contributed by atoms with Gasteiger partial charge in [-0.25, -0.2) is 0 Å². The van der Waals surface area contributed by atoms with Gasteiger partial charge in [-0.3, -0.25) is 38.6 Å². The van der Waals surface area contributed by atoms with Crippen LogP contribution in [0.5, 0.6) is 0 Å². The molecule has 4 bridgehead atoms. The number of carbonyl (C=O) groups excluding carboxylic acids is 6. The highest BCUT2D eigenvalue weighted by Gasteiger charge is 2.60. The smallest absolute Gasteiger partial charge is 0.306 e. The molecular weight excluding hydrogens is 677 g/mol. The summed E-state index contributed by atoms with van der Waals surface area (Å²) in [6.45, 7) is 0.0818. The lowest BCUT2D eigenvalue weighted by Gasteiger charge is -2.18. The van der Waals surface area contributed by atoms with Crippen LogP contribution in [-0.2, 0) is 51.5 Å². The highest BCUT2D eigenvalue weighted by molar-refractivity contribution is 8.76. The zero-order chi connectivity index (χ0) is 34.5. The van der Waals surface area contributed by atoms with E-state index in [4.69, 9.17) is 9.47 Å². The van der Waals surface area contributed by atoms with E-state index in [9.17, 15) is 28.8 Å². The number of carbonyl (C=O) groups is 6. The zero-order valence-corrected chi connectivity index (χ0v) is 28.8. The summed E-state index contributed by atoms with van der Waals surface area (Å²) in [6, 6.07) is 14.1. The van der Waals surface area contributed by atoms with Crippen molar-refractivity contribution in [1.29, 1.82) is 0 Å². The van der Waals surface area contributed by atoms with Crippen LogP contribution in [0.25, 0.3) is 0 Å². The molecule has 4 amide bonds. The molecule has 8 atom stereocenters. The fraction of sp³-hybridized carbons (Fsp3) is 0.421. The Bertz CT molecular complexity index is 1650. The van der Waals surface area contributed by atoms with Crippen molar-refractivity contribution in [3.63, 3.8) is 0 Å². The summed E-state index contributed by atoms with van der Waals surface area (Å²) in [6.07, 6.45) is 10.4. The van der Waals surface area contributed by atoms with Crippen LogP contribution in [0.4, 0.5) is 11.4 Å². The fourth-order valence-electron chi connectivity index (χ4n) is 8.72. The first-order valence-electron chi connectivity index (χ1n) is 17.1. The molecule has 10 nitrogen and oxygen atoms in total. The normalized spacial score (nSPS) is 29.8. The minimum Gasteiger partial charge on any atom is -0.461 e. The van der Waals surface area contributed by atoms with Crippen molar-refractivity contribution in [2.45, 2.75) is 38.9 Å². The van der Waals surface area contributed by atoms with E-state index in [2.05, 4.69) is 24.3 Å². The standard InChI is InChI=1S/C38H36N2O8S2/c41-29(47-19-21-3-1-5-27(15-21)39-35(43)31-23-7-8-24(17-23)32(31)36(39)44)11-13-49-50-14-12-30(42)48-20-22-4-2-6-28(16-22)40-37(45)33-25-9-10-26(18-25)34(33)38(40)46/h1-10,15-16,23-26,31-34H,11-14,17-20H2/t23?,24?,25?,26?,31-,32+,33-,34+. The molecule has 0 aromatic heterocycles. The molecule has 4 aliphatic carbocycles. The second kappa shape index (κ2) is 13.5. The fourth-order valence-corrected chi connectivity index (χ4v) is 10.7. The van der Waals surface area contributed by atoms with Gasteiger partial charge in [-0.1, -0.05) is 70.2 Å². The number of benzene rings is 2. The van der Waals surface area contributed by atoms with Crippen LogP contribution in [0.1, 0.15) is 36.8 Å². The van der Waals surface area contributed by atoms with Crippen molar-refractivity contribution in [1.82, 2.24) is 0 Å². The summed E-state index contributed by atoms with van der Waals surface area (Å²) in [7, 11) is 2.94. The van der Waals surface area contributed by atoms with Gasteiger partial charge in [0.2, 0.25) is 23.6 Å². The van der Waals surface area contributed by atoms with Crippen molar-refractivity contribution in [2.75, 3.05) is 21.3 Å². The topological polar surface area (TPSA) is 127 Å². The van der Waals surface area contributed by atoms with E-state index in [0.717, 1.165) is 12.8 Å². The van der Waals surface area contributed by atoms with Gasteiger partial charge in [-0.2, -0.15) is 0 Å². The number of nitrogens with zero attached hydrogens (tertiary/aromatic N) is 2. The first-order valence-corrected chi connectivity index (χ1v) is 19.6. The molecule has 50 heavy (non-hydrogen) atoms. The maximum absolute atomic E-state index is 13.1. The second-order valence-electron chi connectivity index (χ2n) is 13.8. The Labute approximate surface area is 297 Å². The van der Waals surface area contributed by atoms with Gasteiger partial charge in [0.25, 0.3) is 0 Å². The van der Waals surface area contributed by atoms with Crippen molar-refractivity contribution < 1.29 is 38.2 Å². The van der Waals surface area contributed by atoms with Crippen LogP contribution < -0.4 is 9.80 Å². The summed E-state index contributed by atoms with van der Waals surface area (Å²) < 4.78 is 10.9. The van der Waals surface area contributed by atoms with Crippen molar-refractivity contribution in [3.05, 3.63) is 84.0 Å². The molecule has 2 aromatic carbocycles. The predicted molar refractivity (Wildman–Crippen MR) is 187 cm³/mol. The largest absolute Gasteiger partial charge is 0.461 e. The van der Waals surface area contributed by atoms with Gasteiger partial charge in [0.15, 0.2) is 0 Å². The molecule has 0 N–H and O–H groups in total. The molecule has 2 saturated heterocycles. The molecule has 4 unspecified atom stereocenters. The predicted octanol–water partition coefficient (Wildman–Crippen LogP) is 5.26. The number of ether oxygens (including phenoxy) is 2. The van der Waals surface area contributed by atoms with Gasteiger partial charge in [0.1, 0.15) is 13.2 Å². The molecule has 258 valence electrons. The van der Waals surface area contributed by atoms with Gasteiger partial charge in [0.05, 0.1) is 47.9 Å². The molecule has 4 fully saturated rings. The summed E-state index contributed by atoms with van der Waals surface area (Å²) in [4.78, 5) is 79.9. The van der Waals surface area contributed by atoms with Crippen molar-refractivity contribution in [2.24, 2.45) is 47.3 Å². The highest BCUT2D eigenvalue weighted by Crippen LogP contribution is 2.54. The first kappa shape index (κ1) is 33.0. The first-order chi connectivity index (χ1) is 24.3. The summed E-state index contributed by atoms with van der Waals surface area (Å²) in [5.41, 5.74) is 2.43. The number of hydrogen-bond acceptors (Lipinski definition) is 10. The van der Waals surface area contributed by atoms with Crippen LogP contribution in [0.3, 0.4) is 0 Å². The molecule has 12 heteroatoms. The molecule has 0 radical (unpaired) electrons. The van der Waals surface area contributed by atoms with E-state index in [1.807, 2.05) is 0 Å². The number of rotatable bonds is 13. The van der Waals surface area contributed by atoms with E-state index in [1.165, 1.54) is 31.4 Å². The quantitative estimate of drug-likeness (QED) is 0.0893. The lowest BCUT2D eigenvalue weighted by atomic mass is 9.85. The van der Waals surface area contributed by atoms with Crippen LogP contribution in [0, 0.1) is 47.3 Å². The van der Waals surface area contributed by atoms with E-state index in [0.29, 0.717) is 34.0 Å². The number of esters is 2. The average molecular weight is 713 g/mol. The van der Waals surface area contributed by atoms with E-state index < -0.39 is 0 Å². The van der Waals surface area contributed by atoms with Crippen molar-refractivity contribution >= 4 is 68.5 Å². The molecule has 2 aromatic rings. The summed E-state index contributed by atoms with van der Waals surface area (Å²) in [5, 5.41) is 0. The molecule has 8 rings (SSSR count). The molecule has 2 aliphatic heterocycles. The third kappa shape index (κ3) is 5.89. The maximum Gasteiger partial charge on any atom is 0.306 e. The molecule has 6 aliphatic rings. The van der Waals surface area contributed by atoms with E-state index in [-0.39, 0.29) is 109 Å². The number of amides is 4. The molecule has 2 heterocycles. The SMILES string of the molecule is O=C(CCSSCCC(=O)OCc1cccc(N2C(=O)[C@@H]3C4C=CC(C4)[C@@H]3C2=O)c1)OCc1cccc(N2C(=O)[C@@H]3C4C=CC(C4)[C@@H]3C2=O)c1. The number of imide groups is 2. The van der Waals surface area contributed by atoms with Gasteiger partial charge >= 0.3 is 11.9 Å². The Morgan fingerprint density at radius 1 is 0.580 bits per heavy atom. The molecule has 2 saturated carbocycles. The third-order valence-corrected chi connectivity index (χ3v) is 13.3. The Kier molecular flexibility index (Phi) is 8.93. The van der Waals surface area contributed by atoms with Gasteiger partial charge < -0.3 is 9.47 Å². The Morgan fingerprint density at radius 2 is 0.940 bits per heavy atom. The van der Waals surface area contributed by atoms with Crippen LogP contribution in [-0.4, -0.2) is 47.1 Å². The maximum atomic E-state index is 13.1. The van der Waals surface area contributed by atoms with Gasteiger partial charge in [-0.05, 0) is 71.9 Å². The Morgan fingerprint density at radius 3 is 1.30 bits per heavy atom. The number of fused-ring (bicyclic) bond motifs is 10. The zero-order valence-electron chi connectivity index (χ0n) is 27.2. The summed E-state index contributed by atoms with van der Waals surface area (Å²) in [5.74, 6) is -0.742. The number of allylic oxidation sites excluding steroid dienone is 4. The minimum absolute atomic E-state index is 0.0409. The van der Waals surface area contributed by atoms with Crippen LogP contribution in [0.2, 0.25) is 0 Å². The Balaban J connectivity index is 0.720. The van der Waals surface area contributed by atoms with Crippen LogP contribution in [0.15, 0.2) is 72.8 Å². The minimum atomic E-state index is -0.361. The average Bonchev–Trinajstić information content (AvgIpc) is 3.97. The molecule has 0 spiro atoms. The highest BCUT2D eigenvalue weighted by atomic mass is 33.1. The van der Waals surface area contributed by atoms with E-state index >= 15 is 0 Å². The monoisotopic (exact) mass is 712 g/mol. The molecular formula is C38H36N2O8S2. The lowest BCUT2D eigenvalue weighted by molar-refractivity contribution is -0.145. The van der Waals surface area contributed by atoms with Crippen molar-refractivity contribution in [3.8, 4) is 0 Å². The lowest BCUT2D eigenvalue weighted by Crippen LogP contribution is -2.32. The summed E-state index contributed by atoms with van der Waals surface area (Å²) >= 11 is 0. The third-order valence-electron chi connectivity index (χ3n) is 10.9. The van der Waals surface area contributed by atoms with Gasteiger partial charge in [-0.15, -0.1) is 0 Å². The number of hydrogen-bond donors (Lipinski definition) is 0.